The summed E-state index contributed by atoms with van der Waals surface area (Å²) >= 11 is 0. The molecule has 0 spiro atoms. The zero-order valence-corrected chi connectivity index (χ0v) is 7.51. The summed E-state index contributed by atoms with van der Waals surface area (Å²) in [7, 11) is 0. The van der Waals surface area contributed by atoms with Crippen molar-refractivity contribution < 1.29 is 9.18 Å². The van der Waals surface area contributed by atoms with E-state index in [0.717, 1.165) is 0 Å². The maximum absolute atomic E-state index is 11.9. The van der Waals surface area contributed by atoms with Crippen molar-refractivity contribution in [3.63, 3.8) is 0 Å². The van der Waals surface area contributed by atoms with Gasteiger partial charge in [0.25, 0.3) is 0 Å². The van der Waals surface area contributed by atoms with Crippen LogP contribution in [0.3, 0.4) is 0 Å². The minimum atomic E-state index is -0.460. The molecule has 1 unspecified atom stereocenters. The van der Waals surface area contributed by atoms with Crippen LogP contribution in [0.2, 0.25) is 0 Å². The first-order valence-corrected chi connectivity index (χ1v) is 4.25. The Morgan fingerprint density at radius 1 is 1.75 bits per heavy atom. The fourth-order valence-electron chi connectivity index (χ4n) is 1.38. The molecule has 3 nitrogen and oxygen atoms in total. The molecule has 0 aliphatic carbocycles. The molecule has 1 rings (SSSR count). The Kier molecular flexibility index (Phi) is 3.03. The van der Waals surface area contributed by atoms with Crippen molar-refractivity contribution in [3.8, 4) is 0 Å². The molecule has 0 bridgehead atoms. The first-order valence-electron chi connectivity index (χ1n) is 4.25. The zero-order chi connectivity index (χ0) is 9.14. The Hall–Kier alpha value is -0.640. The number of halogens is 1. The average Bonchev–Trinajstić information content (AvgIpc) is 2.34. The highest BCUT2D eigenvalue weighted by molar-refractivity contribution is 5.83. The molecule has 1 N–H and O–H groups in total. The van der Waals surface area contributed by atoms with Crippen molar-refractivity contribution in [2.24, 2.45) is 5.92 Å². The second-order valence-electron chi connectivity index (χ2n) is 3.37. The average molecular weight is 174 g/mol. The molecule has 0 aromatic carbocycles. The van der Waals surface area contributed by atoms with Crippen LogP contribution in [0.5, 0.6) is 0 Å². The first kappa shape index (κ1) is 9.45. The number of rotatable bonds is 3. The molecule has 1 aliphatic heterocycles. The van der Waals surface area contributed by atoms with Gasteiger partial charge >= 0.3 is 0 Å². The molecule has 0 saturated carbocycles. The van der Waals surface area contributed by atoms with E-state index in [0.29, 0.717) is 6.67 Å². The van der Waals surface area contributed by atoms with Crippen molar-refractivity contribution in [2.45, 2.75) is 19.9 Å². The van der Waals surface area contributed by atoms with Gasteiger partial charge in [-0.3, -0.25) is 10.1 Å². The number of nitrogens with one attached hydrogen (secondary N) is 1. The standard InChI is InChI=1S/C8H15FN2O/c1-6(2)7-8(12)11(4-3-9)5-10-7/h6-7,10H,3-5H2,1-2H3. The van der Waals surface area contributed by atoms with Gasteiger partial charge in [0.1, 0.15) is 6.67 Å². The van der Waals surface area contributed by atoms with Crippen LogP contribution < -0.4 is 5.32 Å². The van der Waals surface area contributed by atoms with Gasteiger partial charge in [0.05, 0.1) is 19.3 Å². The van der Waals surface area contributed by atoms with Gasteiger partial charge in [-0.05, 0) is 5.92 Å². The summed E-state index contributed by atoms with van der Waals surface area (Å²) in [6.45, 7) is 4.21. The molecule has 1 saturated heterocycles. The van der Waals surface area contributed by atoms with E-state index in [-0.39, 0.29) is 24.4 Å². The van der Waals surface area contributed by atoms with Crippen LogP contribution in [0, 0.1) is 5.92 Å². The topological polar surface area (TPSA) is 32.3 Å². The number of nitrogens with zero attached hydrogens (tertiary/aromatic N) is 1. The summed E-state index contributed by atoms with van der Waals surface area (Å²) in [4.78, 5) is 13.0. The largest absolute Gasteiger partial charge is 0.326 e. The van der Waals surface area contributed by atoms with Gasteiger partial charge in [0, 0.05) is 0 Å². The third-order valence-corrected chi connectivity index (χ3v) is 2.10. The molecular formula is C8H15FN2O. The van der Waals surface area contributed by atoms with Crippen LogP contribution in [0.25, 0.3) is 0 Å². The second kappa shape index (κ2) is 3.85. The maximum atomic E-state index is 11.9. The molecule has 1 aliphatic rings. The van der Waals surface area contributed by atoms with Gasteiger partial charge in [-0.15, -0.1) is 0 Å². The van der Waals surface area contributed by atoms with Crippen LogP contribution in [0.15, 0.2) is 0 Å². The Balaban J connectivity index is 2.49. The van der Waals surface area contributed by atoms with Gasteiger partial charge in [-0.1, -0.05) is 13.8 Å². The molecule has 4 heteroatoms. The number of hydrogen-bond donors (Lipinski definition) is 1. The minimum Gasteiger partial charge on any atom is -0.326 e. The Labute approximate surface area is 71.9 Å². The number of carbonyl (C=O) groups excluding carboxylic acids is 1. The fourth-order valence-corrected chi connectivity index (χ4v) is 1.38. The third kappa shape index (κ3) is 1.75. The lowest BCUT2D eigenvalue weighted by Gasteiger charge is -2.14. The highest BCUT2D eigenvalue weighted by Crippen LogP contribution is 2.11. The minimum absolute atomic E-state index is 0.0302. The molecule has 12 heavy (non-hydrogen) atoms. The quantitative estimate of drug-likeness (QED) is 0.670. The van der Waals surface area contributed by atoms with Crippen molar-refractivity contribution in [3.05, 3.63) is 0 Å². The van der Waals surface area contributed by atoms with Gasteiger partial charge in [0.2, 0.25) is 5.91 Å². The predicted octanol–water partition coefficient (Wildman–Crippen LogP) is 0.370. The molecule has 1 fully saturated rings. The highest BCUT2D eigenvalue weighted by Gasteiger charge is 2.32. The molecule has 0 aromatic rings. The summed E-state index contributed by atoms with van der Waals surface area (Å²) in [5, 5.41) is 3.05. The van der Waals surface area contributed by atoms with Gasteiger partial charge in [-0.2, -0.15) is 0 Å². The monoisotopic (exact) mass is 174 g/mol. The van der Waals surface area contributed by atoms with Crippen LogP contribution in [-0.2, 0) is 4.79 Å². The van der Waals surface area contributed by atoms with Crippen LogP contribution >= 0.6 is 0 Å². The molecule has 70 valence electrons. The van der Waals surface area contributed by atoms with E-state index in [4.69, 9.17) is 0 Å². The van der Waals surface area contributed by atoms with E-state index in [1.165, 1.54) is 4.90 Å². The van der Waals surface area contributed by atoms with Crippen LogP contribution in [0.1, 0.15) is 13.8 Å². The van der Waals surface area contributed by atoms with Gasteiger partial charge in [0.15, 0.2) is 0 Å². The van der Waals surface area contributed by atoms with Crippen molar-refractivity contribution in [1.29, 1.82) is 0 Å². The van der Waals surface area contributed by atoms with E-state index in [1.807, 2.05) is 13.8 Å². The molecule has 1 atom stereocenters. The molecule has 1 heterocycles. The zero-order valence-electron chi connectivity index (χ0n) is 7.51. The summed E-state index contributed by atoms with van der Waals surface area (Å²) in [6, 6.07) is -0.114. The lowest BCUT2D eigenvalue weighted by Crippen LogP contribution is -2.35. The van der Waals surface area contributed by atoms with E-state index < -0.39 is 6.67 Å². The summed E-state index contributed by atoms with van der Waals surface area (Å²) < 4.78 is 11.9. The van der Waals surface area contributed by atoms with Crippen molar-refractivity contribution in [1.82, 2.24) is 10.2 Å². The predicted molar refractivity (Wildman–Crippen MR) is 44.3 cm³/mol. The molecule has 1 amide bonds. The van der Waals surface area contributed by atoms with E-state index >= 15 is 0 Å². The van der Waals surface area contributed by atoms with Gasteiger partial charge < -0.3 is 4.90 Å². The lowest BCUT2D eigenvalue weighted by molar-refractivity contribution is -0.129. The maximum Gasteiger partial charge on any atom is 0.241 e. The summed E-state index contributed by atoms with van der Waals surface area (Å²) in [5.41, 5.74) is 0. The van der Waals surface area contributed by atoms with Crippen LogP contribution in [-0.4, -0.2) is 36.7 Å². The Morgan fingerprint density at radius 3 is 2.83 bits per heavy atom. The fraction of sp³-hybridized carbons (Fsp3) is 0.875. The molecule has 0 radical (unpaired) electrons. The van der Waals surface area contributed by atoms with Crippen molar-refractivity contribution >= 4 is 5.91 Å². The summed E-state index contributed by atoms with van der Waals surface area (Å²) in [5.74, 6) is 0.310. The highest BCUT2D eigenvalue weighted by atomic mass is 19.1. The number of hydrogen-bond acceptors (Lipinski definition) is 2. The first-order chi connectivity index (χ1) is 5.66. The Bertz CT molecular complexity index is 172. The third-order valence-electron chi connectivity index (χ3n) is 2.10. The smallest absolute Gasteiger partial charge is 0.241 e. The lowest BCUT2D eigenvalue weighted by atomic mass is 10.1. The van der Waals surface area contributed by atoms with Crippen LogP contribution in [0.4, 0.5) is 4.39 Å². The van der Waals surface area contributed by atoms with Gasteiger partial charge in [-0.25, -0.2) is 4.39 Å². The van der Waals surface area contributed by atoms with E-state index in [2.05, 4.69) is 5.32 Å². The molecule has 0 aromatic heterocycles. The second-order valence-corrected chi connectivity index (χ2v) is 3.37. The molecular weight excluding hydrogens is 159 g/mol. The number of amides is 1. The summed E-state index contributed by atoms with van der Waals surface area (Å²) in [6.07, 6.45) is 0. The number of alkyl halides is 1. The normalized spacial score (nSPS) is 24.2. The SMILES string of the molecule is CC(C)C1NCN(CCF)C1=O. The van der Waals surface area contributed by atoms with Crippen molar-refractivity contribution in [2.75, 3.05) is 19.9 Å². The number of carbonyl (C=O) groups is 1. The van der Waals surface area contributed by atoms with E-state index in [9.17, 15) is 9.18 Å². The Morgan fingerprint density at radius 2 is 2.42 bits per heavy atom. The van der Waals surface area contributed by atoms with E-state index in [1.54, 1.807) is 0 Å².